The van der Waals surface area contributed by atoms with E-state index in [1.54, 1.807) is 0 Å². The standard InChI is InChI=1S/C12H25N3O/c1-10(2)15(12(16)8-13)9-11-6-4-5-7-14(11)3/h10-11H,4-9,13H2,1-3H3/t11-/m1/s1. The molecule has 1 fully saturated rings. The Morgan fingerprint density at radius 3 is 2.69 bits per heavy atom. The van der Waals surface area contributed by atoms with Crippen molar-refractivity contribution in [3.63, 3.8) is 0 Å². The maximum Gasteiger partial charge on any atom is 0.236 e. The first-order valence-corrected chi connectivity index (χ1v) is 6.26. The van der Waals surface area contributed by atoms with Gasteiger partial charge in [-0.3, -0.25) is 4.79 Å². The Labute approximate surface area is 98.8 Å². The molecule has 1 amide bonds. The molecule has 1 aliphatic rings. The second-order valence-corrected chi connectivity index (χ2v) is 4.97. The van der Waals surface area contributed by atoms with Crippen molar-refractivity contribution in [3.8, 4) is 0 Å². The number of piperidine rings is 1. The maximum atomic E-state index is 11.7. The first kappa shape index (κ1) is 13.5. The third-order valence-electron chi connectivity index (χ3n) is 3.45. The van der Waals surface area contributed by atoms with Gasteiger partial charge in [0, 0.05) is 18.6 Å². The summed E-state index contributed by atoms with van der Waals surface area (Å²) < 4.78 is 0. The zero-order chi connectivity index (χ0) is 12.1. The van der Waals surface area contributed by atoms with Gasteiger partial charge in [0.1, 0.15) is 0 Å². The number of rotatable bonds is 4. The number of likely N-dealkylation sites (tertiary alicyclic amines) is 1. The monoisotopic (exact) mass is 227 g/mol. The number of carbonyl (C=O) groups is 1. The van der Waals surface area contributed by atoms with Crippen LogP contribution in [0.1, 0.15) is 33.1 Å². The van der Waals surface area contributed by atoms with Crippen molar-refractivity contribution in [2.24, 2.45) is 5.73 Å². The number of nitrogens with zero attached hydrogens (tertiary/aromatic N) is 2. The van der Waals surface area contributed by atoms with E-state index >= 15 is 0 Å². The summed E-state index contributed by atoms with van der Waals surface area (Å²) in [5, 5.41) is 0. The molecular weight excluding hydrogens is 202 g/mol. The lowest BCUT2D eigenvalue weighted by molar-refractivity contribution is -0.132. The highest BCUT2D eigenvalue weighted by Crippen LogP contribution is 2.17. The van der Waals surface area contributed by atoms with Gasteiger partial charge in [-0.25, -0.2) is 0 Å². The molecule has 1 rings (SSSR count). The van der Waals surface area contributed by atoms with E-state index in [2.05, 4.69) is 25.8 Å². The van der Waals surface area contributed by atoms with Crippen molar-refractivity contribution in [2.75, 3.05) is 26.7 Å². The zero-order valence-electron chi connectivity index (χ0n) is 10.8. The summed E-state index contributed by atoms with van der Waals surface area (Å²) in [6, 6.07) is 0.748. The van der Waals surface area contributed by atoms with Crippen LogP contribution in [0.4, 0.5) is 0 Å². The van der Waals surface area contributed by atoms with E-state index in [0.29, 0.717) is 6.04 Å². The lowest BCUT2D eigenvalue weighted by Gasteiger charge is -2.37. The second-order valence-electron chi connectivity index (χ2n) is 4.97. The summed E-state index contributed by atoms with van der Waals surface area (Å²) in [7, 11) is 2.15. The maximum absolute atomic E-state index is 11.7. The molecule has 0 aromatic rings. The molecule has 0 saturated carbocycles. The van der Waals surface area contributed by atoms with Gasteiger partial charge in [-0.15, -0.1) is 0 Å². The van der Waals surface area contributed by atoms with Crippen LogP contribution in [0.25, 0.3) is 0 Å². The Morgan fingerprint density at radius 2 is 2.19 bits per heavy atom. The molecule has 1 atom stereocenters. The average Bonchev–Trinajstić information content (AvgIpc) is 2.26. The highest BCUT2D eigenvalue weighted by molar-refractivity contribution is 5.78. The molecule has 0 aromatic carbocycles. The summed E-state index contributed by atoms with van der Waals surface area (Å²) in [6.07, 6.45) is 3.74. The normalized spacial score (nSPS) is 22.4. The van der Waals surface area contributed by atoms with Gasteiger partial charge in [0.2, 0.25) is 5.91 Å². The molecule has 4 heteroatoms. The Balaban J connectivity index is 2.56. The molecule has 0 aliphatic carbocycles. The summed E-state index contributed by atoms with van der Waals surface area (Å²) >= 11 is 0. The van der Waals surface area contributed by atoms with Crippen molar-refractivity contribution in [1.82, 2.24) is 9.80 Å². The van der Waals surface area contributed by atoms with Crippen LogP contribution < -0.4 is 5.73 Å². The molecule has 4 nitrogen and oxygen atoms in total. The molecule has 1 heterocycles. The molecule has 0 unspecified atom stereocenters. The van der Waals surface area contributed by atoms with Crippen LogP contribution in [-0.2, 0) is 4.79 Å². The van der Waals surface area contributed by atoms with E-state index in [0.717, 1.165) is 13.1 Å². The van der Waals surface area contributed by atoms with Gasteiger partial charge in [-0.05, 0) is 40.3 Å². The fraction of sp³-hybridized carbons (Fsp3) is 0.917. The van der Waals surface area contributed by atoms with Gasteiger partial charge < -0.3 is 15.5 Å². The molecular formula is C12H25N3O. The first-order valence-electron chi connectivity index (χ1n) is 6.26. The quantitative estimate of drug-likeness (QED) is 0.768. The largest absolute Gasteiger partial charge is 0.338 e. The molecule has 16 heavy (non-hydrogen) atoms. The van der Waals surface area contributed by atoms with Crippen LogP contribution in [-0.4, -0.2) is 54.5 Å². The third kappa shape index (κ3) is 3.46. The molecule has 1 aliphatic heterocycles. The summed E-state index contributed by atoms with van der Waals surface area (Å²) in [6.45, 7) is 6.19. The van der Waals surface area contributed by atoms with Crippen molar-refractivity contribution in [3.05, 3.63) is 0 Å². The summed E-state index contributed by atoms with van der Waals surface area (Å²) in [5.41, 5.74) is 5.45. The van der Waals surface area contributed by atoms with Crippen LogP contribution in [0.2, 0.25) is 0 Å². The van der Waals surface area contributed by atoms with Crippen molar-refractivity contribution in [1.29, 1.82) is 0 Å². The van der Waals surface area contributed by atoms with E-state index in [1.165, 1.54) is 19.3 Å². The minimum Gasteiger partial charge on any atom is -0.338 e. The van der Waals surface area contributed by atoms with Crippen LogP contribution in [0.5, 0.6) is 0 Å². The summed E-state index contributed by atoms with van der Waals surface area (Å²) in [5.74, 6) is 0.0639. The Morgan fingerprint density at radius 1 is 1.50 bits per heavy atom. The fourth-order valence-electron chi connectivity index (χ4n) is 2.32. The van der Waals surface area contributed by atoms with E-state index in [-0.39, 0.29) is 18.5 Å². The van der Waals surface area contributed by atoms with E-state index < -0.39 is 0 Å². The lowest BCUT2D eigenvalue weighted by Crippen LogP contribution is -2.50. The number of nitrogens with two attached hydrogens (primary N) is 1. The molecule has 1 saturated heterocycles. The highest BCUT2D eigenvalue weighted by Gasteiger charge is 2.24. The number of likely N-dealkylation sites (N-methyl/N-ethyl adjacent to an activating group) is 1. The second kappa shape index (κ2) is 6.21. The van der Waals surface area contributed by atoms with Crippen molar-refractivity contribution >= 4 is 5.91 Å². The van der Waals surface area contributed by atoms with E-state index in [9.17, 15) is 4.79 Å². The number of hydrogen-bond acceptors (Lipinski definition) is 3. The molecule has 94 valence electrons. The number of carbonyl (C=O) groups excluding carboxylic acids is 1. The third-order valence-corrected chi connectivity index (χ3v) is 3.45. The van der Waals surface area contributed by atoms with Gasteiger partial charge in [0.05, 0.1) is 6.54 Å². The predicted molar refractivity (Wildman–Crippen MR) is 66.2 cm³/mol. The SMILES string of the molecule is CC(C)N(C[C@H]1CCCCN1C)C(=O)CN. The minimum absolute atomic E-state index is 0.0639. The van der Waals surface area contributed by atoms with Crippen LogP contribution in [0.15, 0.2) is 0 Å². The summed E-state index contributed by atoms with van der Waals surface area (Å²) in [4.78, 5) is 16.0. The van der Waals surface area contributed by atoms with Crippen LogP contribution in [0.3, 0.4) is 0 Å². The Bertz CT molecular complexity index is 230. The average molecular weight is 227 g/mol. The minimum atomic E-state index is 0.0639. The smallest absolute Gasteiger partial charge is 0.236 e. The molecule has 0 bridgehead atoms. The molecule has 0 radical (unpaired) electrons. The van der Waals surface area contributed by atoms with E-state index in [1.807, 2.05) is 4.90 Å². The van der Waals surface area contributed by atoms with Gasteiger partial charge in [-0.2, -0.15) is 0 Å². The van der Waals surface area contributed by atoms with Crippen LogP contribution >= 0.6 is 0 Å². The van der Waals surface area contributed by atoms with Crippen molar-refractivity contribution < 1.29 is 4.79 Å². The fourth-order valence-corrected chi connectivity index (χ4v) is 2.32. The lowest BCUT2D eigenvalue weighted by atomic mass is 10.0. The highest BCUT2D eigenvalue weighted by atomic mass is 16.2. The number of hydrogen-bond donors (Lipinski definition) is 1. The van der Waals surface area contributed by atoms with Crippen LogP contribution in [0, 0.1) is 0 Å². The van der Waals surface area contributed by atoms with Gasteiger partial charge >= 0.3 is 0 Å². The van der Waals surface area contributed by atoms with Gasteiger partial charge in [0.15, 0.2) is 0 Å². The molecule has 0 spiro atoms. The van der Waals surface area contributed by atoms with Gasteiger partial charge in [-0.1, -0.05) is 6.42 Å². The molecule has 2 N–H and O–H groups in total. The van der Waals surface area contributed by atoms with E-state index in [4.69, 9.17) is 5.73 Å². The van der Waals surface area contributed by atoms with Gasteiger partial charge in [0.25, 0.3) is 0 Å². The Hall–Kier alpha value is -0.610. The topological polar surface area (TPSA) is 49.6 Å². The molecule has 0 aromatic heterocycles. The zero-order valence-corrected chi connectivity index (χ0v) is 10.8. The first-order chi connectivity index (χ1) is 7.56. The van der Waals surface area contributed by atoms with Crippen molar-refractivity contribution in [2.45, 2.75) is 45.2 Å². The Kier molecular flexibility index (Phi) is 5.22. The predicted octanol–water partition coefficient (Wildman–Crippen LogP) is 0.666. The number of amides is 1.